The van der Waals surface area contributed by atoms with E-state index >= 15 is 0 Å². The van der Waals surface area contributed by atoms with Gasteiger partial charge in [0.1, 0.15) is 10.0 Å². The molecule has 0 bridgehead atoms. The first-order chi connectivity index (χ1) is 18.3. The monoisotopic (exact) mass is 684 g/mol. The molecule has 10 nitrogen and oxygen atoms in total. The molecule has 0 aliphatic heterocycles. The lowest BCUT2D eigenvalue weighted by atomic mass is 10.1. The van der Waals surface area contributed by atoms with Gasteiger partial charge in [0, 0.05) is 21.4 Å². The van der Waals surface area contributed by atoms with Crippen molar-refractivity contribution in [3.8, 4) is 0 Å². The number of carbonyl (C=O) groups excluding carboxylic acids is 2. The molecular weight excluding hydrogens is 663 g/mol. The number of carbonyl (C=O) groups is 2. The van der Waals surface area contributed by atoms with E-state index in [0.717, 1.165) is 26.4 Å². The van der Waals surface area contributed by atoms with Crippen molar-refractivity contribution in [1.29, 1.82) is 0 Å². The number of anilines is 2. The lowest BCUT2D eigenvalue weighted by Crippen LogP contribution is -2.20. The molecule has 2 heterocycles. The van der Waals surface area contributed by atoms with Crippen LogP contribution in [0.4, 0.5) is 10.3 Å². The van der Waals surface area contributed by atoms with E-state index in [1.807, 2.05) is 6.07 Å². The van der Waals surface area contributed by atoms with Gasteiger partial charge in [-0.05, 0) is 70.8 Å². The van der Waals surface area contributed by atoms with Crippen LogP contribution in [0.5, 0.6) is 0 Å². The molecule has 4 aromatic rings. The fourth-order valence-corrected chi connectivity index (χ4v) is 5.70. The minimum atomic E-state index is -1.37. The smallest absolute Gasteiger partial charge is 0.259 e. The van der Waals surface area contributed by atoms with Crippen LogP contribution in [0.3, 0.4) is 0 Å². The number of amides is 2. The number of nitrogens with one attached hydrogen (secondary N) is 2. The summed E-state index contributed by atoms with van der Waals surface area (Å²) in [6.45, 7) is 0. The highest BCUT2D eigenvalue weighted by Gasteiger charge is 2.20. The van der Waals surface area contributed by atoms with Gasteiger partial charge in [-0.2, -0.15) is 0 Å². The van der Waals surface area contributed by atoms with Crippen LogP contribution in [0, 0.1) is 3.57 Å². The highest BCUT2D eigenvalue weighted by atomic mass is 127. The average Bonchev–Trinajstić information content (AvgIpc) is 3.54. The SMILES string of the molecule is O=C(Nc1nnc(CCCCc2nnc(NC(=O)C(O)c3cccc(I)c3)s2)s1)C(O)c1cccc(Cl)c1. The Hall–Kier alpha value is -2.56. The molecule has 2 atom stereocenters. The topological polar surface area (TPSA) is 150 Å². The summed E-state index contributed by atoms with van der Waals surface area (Å²) in [5, 5.41) is 44.5. The van der Waals surface area contributed by atoms with Gasteiger partial charge in [-0.25, -0.2) is 0 Å². The van der Waals surface area contributed by atoms with E-state index in [1.165, 1.54) is 28.7 Å². The predicted molar refractivity (Wildman–Crippen MR) is 154 cm³/mol. The summed E-state index contributed by atoms with van der Waals surface area (Å²) in [6.07, 6.45) is 0.283. The van der Waals surface area contributed by atoms with Gasteiger partial charge in [0.15, 0.2) is 12.2 Å². The van der Waals surface area contributed by atoms with E-state index in [9.17, 15) is 19.8 Å². The molecule has 2 aromatic heterocycles. The first-order valence-electron chi connectivity index (χ1n) is 11.4. The van der Waals surface area contributed by atoms with E-state index in [1.54, 1.807) is 36.4 Å². The van der Waals surface area contributed by atoms with Crippen LogP contribution in [-0.2, 0) is 22.4 Å². The van der Waals surface area contributed by atoms with E-state index in [2.05, 4.69) is 53.6 Å². The number of aromatic nitrogens is 4. The minimum absolute atomic E-state index is 0.308. The van der Waals surface area contributed by atoms with E-state index in [-0.39, 0.29) is 0 Å². The zero-order valence-electron chi connectivity index (χ0n) is 19.7. The maximum atomic E-state index is 12.4. The molecule has 0 saturated carbocycles. The van der Waals surface area contributed by atoms with Crippen molar-refractivity contribution >= 4 is 78.9 Å². The Bertz CT molecular complexity index is 1310. The highest BCUT2D eigenvalue weighted by molar-refractivity contribution is 14.1. The molecule has 0 aliphatic carbocycles. The van der Waals surface area contributed by atoms with Crippen LogP contribution in [0.1, 0.15) is 46.2 Å². The number of halogens is 2. The summed E-state index contributed by atoms with van der Waals surface area (Å²) in [4.78, 5) is 24.7. The average molecular weight is 685 g/mol. The van der Waals surface area contributed by atoms with E-state index < -0.39 is 24.0 Å². The van der Waals surface area contributed by atoms with Crippen molar-refractivity contribution in [2.75, 3.05) is 10.6 Å². The second-order valence-electron chi connectivity index (χ2n) is 8.10. The van der Waals surface area contributed by atoms with E-state index in [4.69, 9.17) is 11.6 Å². The van der Waals surface area contributed by atoms with Gasteiger partial charge >= 0.3 is 0 Å². The lowest BCUT2D eigenvalue weighted by molar-refractivity contribution is -0.124. The standard InChI is InChI=1S/C24H22ClIN6O4S2/c25-15-7-3-5-13(11-15)19(33)21(35)27-23-31-29-17(37-23)9-1-2-10-18-30-32-24(38-18)28-22(36)20(34)14-6-4-8-16(26)12-14/h3-8,11-12,19-20,33-34H,1-2,9-10H2,(H,27,31,35)(H,28,32,36). The normalized spacial score (nSPS) is 12.6. The number of aliphatic hydroxyl groups excluding tert-OH is 2. The minimum Gasteiger partial charge on any atom is -0.378 e. The molecule has 0 saturated heterocycles. The summed E-state index contributed by atoms with van der Waals surface area (Å²) in [7, 11) is 0. The maximum Gasteiger partial charge on any atom is 0.259 e. The summed E-state index contributed by atoms with van der Waals surface area (Å²) >= 11 is 10.6. The molecule has 14 heteroatoms. The molecule has 2 amide bonds. The van der Waals surface area contributed by atoms with Crippen LogP contribution in [-0.4, -0.2) is 42.4 Å². The molecule has 198 valence electrons. The lowest BCUT2D eigenvalue weighted by Gasteiger charge is -2.10. The van der Waals surface area contributed by atoms with Crippen molar-refractivity contribution in [2.24, 2.45) is 0 Å². The van der Waals surface area contributed by atoms with E-state index in [0.29, 0.717) is 39.3 Å². The van der Waals surface area contributed by atoms with Crippen LogP contribution >= 0.6 is 56.9 Å². The molecule has 2 aromatic carbocycles. The number of aryl methyl sites for hydroxylation is 2. The Balaban J connectivity index is 1.19. The van der Waals surface area contributed by atoms with Gasteiger partial charge in [-0.3, -0.25) is 20.2 Å². The van der Waals surface area contributed by atoms with Crippen molar-refractivity contribution in [3.05, 3.63) is 78.3 Å². The van der Waals surface area contributed by atoms with Gasteiger partial charge in [0.05, 0.1) is 0 Å². The number of unbranched alkanes of at least 4 members (excludes halogenated alkanes) is 1. The predicted octanol–water partition coefficient (Wildman–Crippen LogP) is 4.56. The van der Waals surface area contributed by atoms with Crippen molar-refractivity contribution in [1.82, 2.24) is 20.4 Å². The highest BCUT2D eigenvalue weighted by Crippen LogP contribution is 2.24. The molecule has 0 aliphatic rings. The third-order valence-electron chi connectivity index (χ3n) is 5.25. The number of hydrogen-bond donors (Lipinski definition) is 4. The number of aliphatic hydroxyl groups is 2. The molecule has 4 N–H and O–H groups in total. The fraction of sp³-hybridized carbons (Fsp3) is 0.250. The molecule has 38 heavy (non-hydrogen) atoms. The maximum absolute atomic E-state index is 12.4. The third-order valence-corrected chi connectivity index (χ3v) is 7.95. The zero-order valence-corrected chi connectivity index (χ0v) is 24.2. The van der Waals surface area contributed by atoms with Gasteiger partial charge < -0.3 is 10.2 Å². The van der Waals surface area contributed by atoms with Crippen molar-refractivity contribution < 1.29 is 19.8 Å². The molecule has 0 fully saturated rings. The van der Waals surface area contributed by atoms with Crippen LogP contribution in [0.2, 0.25) is 5.02 Å². The molecule has 2 unspecified atom stereocenters. The fourth-order valence-electron chi connectivity index (χ4n) is 3.37. The Labute approximate surface area is 244 Å². The van der Waals surface area contributed by atoms with Gasteiger partial charge in [0.2, 0.25) is 10.3 Å². The largest absolute Gasteiger partial charge is 0.378 e. The Morgan fingerprint density at radius 3 is 1.82 bits per heavy atom. The van der Waals surface area contributed by atoms with Crippen LogP contribution in [0.25, 0.3) is 0 Å². The van der Waals surface area contributed by atoms with Gasteiger partial charge in [-0.15, -0.1) is 20.4 Å². The first kappa shape index (κ1) is 28.4. The molecule has 0 spiro atoms. The number of benzene rings is 2. The van der Waals surface area contributed by atoms with Gasteiger partial charge in [-0.1, -0.05) is 58.5 Å². The van der Waals surface area contributed by atoms with Crippen molar-refractivity contribution in [2.45, 2.75) is 37.9 Å². The number of nitrogens with zero attached hydrogens (tertiary/aromatic N) is 4. The molecular formula is C24H22ClIN6O4S2. The van der Waals surface area contributed by atoms with Crippen LogP contribution in [0.15, 0.2) is 48.5 Å². The van der Waals surface area contributed by atoms with Gasteiger partial charge in [0.25, 0.3) is 11.8 Å². The van der Waals surface area contributed by atoms with Crippen LogP contribution < -0.4 is 10.6 Å². The Kier molecular flexibility index (Phi) is 10.1. The Morgan fingerprint density at radius 2 is 1.32 bits per heavy atom. The molecule has 4 rings (SSSR count). The Morgan fingerprint density at radius 1 is 0.816 bits per heavy atom. The summed E-state index contributed by atoms with van der Waals surface area (Å²) in [6, 6.07) is 13.6. The van der Waals surface area contributed by atoms with Crippen molar-refractivity contribution in [3.63, 3.8) is 0 Å². The number of hydrogen-bond acceptors (Lipinski definition) is 10. The molecule has 0 radical (unpaired) electrons. The number of rotatable bonds is 11. The third kappa shape index (κ3) is 7.97. The summed E-state index contributed by atoms with van der Waals surface area (Å²) < 4.78 is 0.923. The summed E-state index contributed by atoms with van der Waals surface area (Å²) in [5.74, 6) is -1.17. The quantitative estimate of drug-likeness (QED) is 0.133. The summed E-state index contributed by atoms with van der Waals surface area (Å²) in [5.41, 5.74) is 0.900. The second kappa shape index (κ2) is 13.5. The second-order valence-corrected chi connectivity index (χ2v) is 11.9. The first-order valence-corrected chi connectivity index (χ1v) is 14.5. The zero-order chi connectivity index (χ0) is 27.1.